The standard InChI is InChI=1S/C11H19N5/c1-5-16(6-8(2)3)11-9(12)10(13-4)14-7-15-11/h5,7-8H,1,6,12H2,2-4H3,(H,13,14,15). The third-order valence-corrected chi connectivity index (χ3v) is 2.15. The zero-order valence-corrected chi connectivity index (χ0v) is 10.1. The molecule has 0 aliphatic rings. The van der Waals surface area contributed by atoms with Crippen LogP contribution in [0.5, 0.6) is 0 Å². The maximum Gasteiger partial charge on any atom is 0.161 e. The lowest BCUT2D eigenvalue weighted by molar-refractivity contribution is 0.646. The largest absolute Gasteiger partial charge is 0.393 e. The molecule has 0 aromatic carbocycles. The Balaban J connectivity index is 3.05. The number of nitrogens with one attached hydrogen (secondary N) is 1. The molecular formula is C11H19N5. The van der Waals surface area contributed by atoms with Crippen LogP contribution in [0.25, 0.3) is 0 Å². The lowest BCUT2D eigenvalue weighted by Gasteiger charge is -2.22. The first-order valence-electron chi connectivity index (χ1n) is 5.27. The van der Waals surface area contributed by atoms with Crippen LogP contribution in [-0.4, -0.2) is 23.6 Å². The molecule has 0 amide bonds. The van der Waals surface area contributed by atoms with Gasteiger partial charge in [-0.3, -0.25) is 0 Å². The van der Waals surface area contributed by atoms with Crippen molar-refractivity contribution in [3.63, 3.8) is 0 Å². The van der Waals surface area contributed by atoms with Crippen LogP contribution < -0.4 is 16.0 Å². The minimum absolute atomic E-state index is 0.505. The highest BCUT2D eigenvalue weighted by Gasteiger charge is 2.13. The number of nitrogen functional groups attached to an aromatic ring is 1. The molecule has 0 fully saturated rings. The van der Waals surface area contributed by atoms with Crippen molar-refractivity contribution >= 4 is 17.3 Å². The van der Waals surface area contributed by atoms with E-state index in [1.807, 2.05) is 4.90 Å². The zero-order valence-electron chi connectivity index (χ0n) is 10.1. The second-order valence-electron chi connectivity index (χ2n) is 3.94. The van der Waals surface area contributed by atoms with Crippen LogP contribution in [0.1, 0.15) is 13.8 Å². The van der Waals surface area contributed by atoms with Crippen LogP contribution in [0.4, 0.5) is 17.3 Å². The number of nitrogens with two attached hydrogens (primary N) is 1. The smallest absolute Gasteiger partial charge is 0.161 e. The van der Waals surface area contributed by atoms with Gasteiger partial charge in [0.2, 0.25) is 0 Å². The molecule has 5 heteroatoms. The molecule has 0 saturated carbocycles. The molecule has 0 saturated heterocycles. The van der Waals surface area contributed by atoms with Crippen LogP contribution in [0.2, 0.25) is 0 Å². The van der Waals surface area contributed by atoms with E-state index in [1.165, 1.54) is 6.33 Å². The van der Waals surface area contributed by atoms with E-state index in [0.717, 1.165) is 6.54 Å². The minimum Gasteiger partial charge on any atom is -0.393 e. The van der Waals surface area contributed by atoms with E-state index in [2.05, 4.69) is 35.7 Å². The minimum atomic E-state index is 0.505. The first-order chi connectivity index (χ1) is 7.60. The van der Waals surface area contributed by atoms with Gasteiger partial charge in [-0.2, -0.15) is 0 Å². The quantitative estimate of drug-likeness (QED) is 0.792. The van der Waals surface area contributed by atoms with Crippen LogP contribution in [0.15, 0.2) is 19.1 Å². The Morgan fingerprint density at radius 1 is 1.56 bits per heavy atom. The first-order valence-corrected chi connectivity index (χ1v) is 5.27. The molecule has 0 unspecified atom stereocenters. The van der Waals surface area contributed by atoms with Crippen LogP contribution >= 0.6 is 0 Å². The molecule has 0 atom stereocenters. The summed E-state index contributed by atoms with van der Waals surface area (Å²) in [5.41, 5.74) is 6.52. The van der Waals surface area contributed by atoms with Crippen molar-refractivity contribution in [1.29, 1.82) is 0 Å². The topological polar surface area (TPSA) is 67.1 Å². The highest BCUT2D eigenvalue weighted by Crippen LogP contribution is 2.26. The molecule has 1 aromatic rings. The summed E-state index contributed by atoms with van der Waals surface area (Å²) in [7, 11) is 1.78. The molecular weight excluding hydrogens is 202 g/mol. The van der Waals surface area contributed by atoms with E-state index in [9.17, 15) is 0 Å². The Morgan fingerprint density at radius 2 is 2.25 bits per heavy atom. The molecule has 0 radical (unpaired) electrons. The normalized spacial score (nSPS) is 10.2. The molecule has 0 aliphatic carbocycles. The van der Waals surface area contributed by atoms with Crippen molar-refractivity contribution in [2.45, 2.75) is 13.8 Å². The van der Waals surface area contributed by atoms with Crippen molar-refractivity contribution < 1.29 is 0 Å². The number of hydrogen-bond acceptors (Lipinski definition) is 5. The maximum atomic E-state index is 5.97. The monoisotopic (exact) mass is 221 g/mol. The Hall–Kier alpha value is -1.78. The fraction of sp³-hybridized carbons (Fsp3) is 0.455. The van der Waals surface area contributed by atoms with Crippen molar-refractivity contribution in [3.05, 3.63) is 19.1 Å². The van der Waals surface area contributed by atoms with Gasteiger partial charge in [0, 0.05) is 13.6 Å². The first kappa shape index (κ1) is 12.3. The zero-order chi connectivity index (χ0) is 12.1. The van der Waals surface area contributed by atoms with Gasteiger partial charge < -0.3 is 16.0 Å². The summed E-state index contributed by atoms with van der Waals surface area (Å²) in [6.45, 7) is 8.87. The van der Waals surface area contributed by atoms with Gasteiger partial charge in [0.15, 0.2) is 11.6 Å². The summed E-state index contributed by atoms with van der Waals surface area (Å²) in [6.07, 6.45) is 3.23. The molecule has 0 aliphatic heterocycles. The predicted octanol–water partition coefficient (Wildman–Crippen LogP) is 1.71. The maximum absolute atomic E-state index is 5.97. The van der Waals surface area contributed by atoms with Crippen LogP contribution in [-0.2, 0) is 0 Å². The molecule has 88 valence electrons. The molecule has 0 spiro atoms. The van der Waals surface area contributed by atoms with Gasteiger partial charge >= 0.3 is 0 Å². The molecule has 5 nitrogen and oxygen atoms in total. The van der Waals surface area contributed by atoms with Gasteiger partial charge in [0.05, 0.1) is 0 Å². The molecule has 1 aromatic heterocycles. The van der Waals surface area contributed by atoms with Gasteiger partial charge in [-0.15, -0.1) is 0 Å². The Labute approximate surface area is 96.4 Å². The van der Waals surface area contributed by atoms with Gasteiger partial charge in [-0.1, -0.05) is 20.4 Å². The van der Waals surface area contributed by atoms with Gasteiger partial charge in [0.25, 0.3) is 0 Å². The molecule has 1 heterocycles. The molecule has 3 N–H and O–H groups in total. The third-order valence-electron chi connectivity index (χ3n) is 2.15. The summed E-state index contributed by atoms with van der Waals surface area (Å²) in [4.78, 5) is 10.2. The summed E-state index contributed by atoms with van der Waals surface area (Å²) >= 11 is 0. The average molecular weight is 221 g/mol. The predicted molar refractivity (Wildman–Crippen MR) is 68.4 cm³/mol. The van der Waals surface area contributed by atoms with E-state index in [4.69, 9.17) is 5.73 Å². The van der Waals surface area contributed by atoms with Crippen molar-refractivity contribution in [1.82, 2.24) is 9.97 Å². The molecule has 1 rings (SSSR count). The van der Waals surface area contributed by atoms with E-state index < -0.39 is 0 Å². The summed E-state index contributed by atoms with van der Waals surface area (Å²) < 4.78 is 0. The number of hydrogen-bond donors (Lipinski definition) is 2. The fourth-order valence-corrected chi connectivity index (χ4v) is 1.46. The number of nitrogens with zero attached hydrogens (tertiary/aromatic N) is 3. The van der Waals surface area contributed by atoms with Crippen molar-refractivity contribution in [2.24, 2.45) is 5.92 Å². The number of anilines is 3. The molecule has 0 bridgehead atoms. The molecule has 16 heavy (non-hydrogen) atoms. The summed E-state index contributed by atoms with van der Waals surface area (Å²) in [5, 5.41) is 2.93. The third kappa shape index (κ3) is 2.62. The second kappa shape index (κ2) is 5.34. The van der Waals surface area contributed by atoms with Crippen LogP contribution in [0, 0.1) is 5.92 Å². The second-order valence-corrected chi connectivity index (χ2v) is 3.94. The lowest BCUT2D eigenvalue weighted by Crippen LogP contribution is -2.23. The Morgan fingerprint density at radius 3 is 2.75 bits per heavy atom. The van der Waals surface area contributed by atoms with Gasteiger partial charge in [-0.25, -0.2) is 9.97 Å². The Bertz CT molecular complexity index is 361. The van der Waals surface area contributed by atoms with E-state index >= 15 is 0 Å². The van der Waals surface area contributed by atoms with E-state index in [1.54, 1.807) is 13.2 Å². The number of rotatable bonds is 5. The van der Waals surface area contributed by atoms with Crippen molar-refractivity contribution in [3.8, 4) is 0 Å². The SMILES string of the molecule is C=CN(CC(C)C)c1ncnc(NC)c1N. The Kier molecular flexibility index (Phi) is 4.10. The van der Waals surface area contributed by atoms with E-state index in [0.29, 0.717) is 23.2 Å². The summed E-state index contributed by atoms with van der Waals surface area (Å²) in [5.74, 6) is 1.84. The van der Waals surface area contributed by atoms with Gasteiger partial charge in [-0.05, 0) is 12.1 Å². The van der Waals surface area contributed by atoms with E-state index in [-0.39, 0.29) is 0 Å². The highest BCUT2D eigenvalue weighted by atomic mass is 15.2. The van der Waals surface area contributed by atoms with Crippen LogP contribution in [0.3, 0.4) is 0 Å². The highest BCUT2D eigenvalue weighted by molar-refractivity contribution is 5.75. The lowest BCUT2D eigenvalue weighted by atomic mass is 10.2. The summed E-state index contributed by atoms with van der Waals surface area (Å²) in [6, 6.07) is 0. The number of aromatic nitrogens is 2. The van der Waals surface area contributed by atoms with Gasteiger partial charge in [0.1, 0.15) is 12.0 Å². The van der Waals surface area contributed by atoms with Crippen molar-refractivity contribution in [2.75, 3.05) is 29.5 Å². The fourth-order valence-electron chi connectivity index (χ4n) is 1.46. The average Bonchev–Trinajstić information content (AvgIpc) is 2.26.